The minimum atomic E-state index is -0.965. The van der Waals surface area contributed by atoms with E-state index in [2.05, 4.69) is 0 Å². The van der Waals surface area contributed by atoms with E-state index >= 15 is 0 Å². The molecule has 1 aliphatic rings. The fraction of sp³-hybridized carbons (Fsp3) is 0.300. The van der Waals surface area contributed by atoms with E-state index in [1.165, 1.54) is 0 Å². The maximum Gasteiger partial charge on any atom is 0.335 e. The van der Waals surface area contributed by atoms with E-state index in [1.54, 1.807) is 55.3 Å². The van der Waals surface area contributed by atoms with Gasteiger partial charge in [-0.1, -0.05) is 6.07 Å². The van der Waals surface area contributed by atoms with E-state index in [0.717, 1.165) is 16.9 Å². The van der Waals surface area contributed by atoms with Crippen molar-refractivity contribution in [1.82, 2.24) is 4.90 Å². The number of carboxylic acid groups (broad SMARTS) is 1. The topological polar surface area (TPSA) is 76.1 Å². The second-order valence-corrected chi connectivity index (χ2v) is 6.23. The highest BCUT2D eigenvalue weighted by atomic mass is 16.5. The van der Waals surface area contributed by atoms with Crippen LogP contribution in [-0.4, -0.2) is 41.6 Å². The van der Waals surface area contributed by atoms with Gasteiger partial charge in [-0.2, -0.15) is 0 Å². The SMILES string of the molecule is COc1ccc(OC(C)C(=O)N2CCc3ccc(C(=O)O)cc3C2)cc1. The van der Waals surface area contributed by atoms with E-state index in [1.807, 2.05) is 6.07 Å². The average Bonchev–Trinajstić information content (AvgIpc) is 2.67. The lowest BCUT2D eigenvalue weighted by Gasteiger charge is -2.31. The number of aromatic carboxylic acids is 1. The molecule has 1 amide bonds. The van der Waals surface area contributed by atoms with Crippen LogP contribution in [0.3, 0.4) is 0 Å². The number of ether oxygens (including phenoxy) is 2. The Labute approximate surface area is 152 Å². The van der Waals surface area contributed by atoms with Crippen LogP contribution in [0.25, 0.3) is 0 Å². The van der Waals surface area contributed by atoms with Crippen LogP contribution >= 0.6 is 0 Å². The van der Waals surface area contributed by atoms with Crippen LogP contribution in [0.1, 0.15) is 28.4 Å². The van der Waals surface area contributed by atoms with Crippen LogP contribution in [0, 0.1) is 0 Å². The standard InChI is InChI=1S/C20H21NO5/c1-13(26-18-7-5-17(25-2)6-8-18)19(22)21-10-9-14-3-4-15(20(23)24)11-16(14)12-21/h3-8,11,13H,9-10,12H2,1-2H3,(H,23,24). The Morgan fingerprint density at radius 1 is 1.08 bits per heavy atom. The first-order valence-electron chi connectivity index (χ1n) is 8.42. The van der Waals surface area contributed by atoms with Gasteiger partial charge in [0.15, 0.2) is 6.10 Å². The quantitative estimate of drug-likeness (QED) is 0.892. The van der Waals surface area contributed by atoms with E-state index in [0.29, 0.717) is 25.3 Å². The van der Waals surface area contributed by atoms with E-state index < -0.39 is 12.1 Å². The third-order valence-electron chi connectivity index (χ3n) is 4.50. The largest absolute Gasteiger partial charge is 0.497 e. The third-order valence-corrected chi connectivity index (χ3v) is 4.50. The highest BCUT2D eigenvalue weighted by Gasteiger charge is 2.26. The third kappa shape index (κ3) is 3.79. The number of carbonyl (C=O) groups is 2. The number of rotatable bonds is 5. The van der Waals surface area contributed by atoms with Crippen molar-refractivity contribution < 1.29 is 24.2 Å². The Morgan fingerprint density at radius 3 is 2.42 bits per heavy atom. The Kier molecular flexibility index (Phi) is 5.11. The maximum atomic E-state index is 12.7. The van der Waals surface area contributed by atoms with Crippen molar-refractivity contribution in [3.63, 3.8) is 0 Å². The Balaban J connectivity index is 1.67. The molecule has 1 aliphatic heterocycles. The zero-order valence-electron chi connectivity index (χ0n) is 14.8. The zero-order chi connectivity index (χ0) is 18.7. The molecule has 0 spiro atoms. The summed E-state index contributed by atoms with van der Waals surface area (Å²) >= 11 is 0. The number of carbonyl (C=O) groups excluding carboxylic acids is 1. The molecule has 0 bridgehead atoms. The summed E-state index contributed by atoms with van der Waals surface area (Å²) in [6, 6.07) is 12.1. The van der Waals surface area contributed by atoms with Crippen LogP contribution < -0.4 is 9.47 Å². The molecule has 0 aliphatic carbocycles. The van der Waals surface area contributed by atoms with Gasteiger partial charge in [0.05, 0.1) is 12.7 Å². The number of hydrogen-bond acceptors (Lipinski definition) is 4. The minimum absolute atomic E-state index is 0.118. The molecule has 0 radical (unpaired) electrons. The van der Waals surface area contributed by atoms with Crippen LogP contribution in [0.2, 0.25) is 0 Å². The van der Waals surface area contributed by atoms with Gasteiger partial charge in [0.25, 0.3) is 5.91 Å². The molecule has 2 aromatic carbocycles. The summed E-state index contributed by atoms with van der Waals surface area (Å²) in [5, 5.41) is 9.14. The number of amides is 1. The van der Waals surface area contributed by atoms with Gasteiger partial charge in [-0.15, -0.1) is 0 Å². The number of nitrogens with zero attached hydrogens (tertiary/aromatic N) is 1. The molecular weight excluding hydrogens is 334 g/mol. The van der Waals surface area contributed by atoms with Gasteiger partial charge in [-0.25, -0.2) is 4.79 Å². The number of benzene rings is 2. The fourth-order valence-electron chi connectivity index (χ4n) is 3.04. The van der Waals surface area contributed by atoms with Crippen molar-refractivity contribution in [3.8, 4) is 11.5 Å². The van der Waals surface area contributed by atoms with Crippen molar-refractivity contribution in [2.24, 2.45) is 0 Å². The normalized spacial score (nSPS) is 14.3. The summed E-state index contributed by atoms with van der Waals surface area (Å²) in [5.74, 6) is 0.232. The Hall–Kier alpha value is -3.02. The van der Waals surface area contributed by atoms with Crippen LogP contribution in [0.5, 0.6) is 11.5 Å². The first-order valence-corrected chi connectivity index (χ1v) is 8.42. The molecule has 1 unspecified atom stereocenters. The molecule has 26 heavy (non-hydrogen) atoms. The lowest BCUT2D eigenvalue weighted by molar-refractivity contribution is -0.138. The van der Waals surface area contributed by atoms with Crippen LogP contribution in [-0.2, 0) is 17.8 Å². The Bertz CT molecular complexity index is 815. The second kappa shape index (κ2) is 7.47. The van der Waals surface area contributed by atoms with Gasteiger partial charge in [-0.05, 0) is 60.9 Å². The van der Waals surface area contributed by atoms with Crippen LogP contribution in [0.15, 0.2) is 42.5 Å². The zero-order valence-corrected chi connectivity index (χ0v) is 14.8. The van der Waals surface area contributed by atoms with Crippen LogP contribution in [0.4, 0.5) is 0 Å². The fourth-order valence-corrected chi connectivity index (χ4v) is 3.04. The smallest absolute Gasteiger partial charge is 0.335 e. The van der Waals surface area contributed by atoms with Crippen molar-refractivity contribution in [2.45, 2.75) is 26.0 Å². The molecule has 0 fully saturated rings. The number of hydrogen-bond donors (Lipinski definition) is 1. The van der Waals surface area contributed by atoms with Crippen molar-refractivity contribution >= 4 is 11.9 Å². The van der Waals surface area contributed by atoms with Gasteiger partial charge >= 0.3 is 5.97 Å². The summed E-state index contributed by atoms with van der Waals surface area (Å²) in [7, 11) is 1.59. The van der Waals surface area contributed by atoms with E-state index in [4.69, 9.17) is 14.6 Å². The van der Waals surface area contributed by atoms with Gasteiger partial charge in [-0.3, -0.25) is 4.79 Å². The highest BCUT2D eigenvalue weighted by Crippen LogP contribution is 2.23. The van der Waals surface area contributed by atoms with Gasteiger partial charge < -0.3 is 19.5 Å². The minimum Gasteiger partial charge on any atom is -0.497 e. The monoisotopic (exact) mass is 355 g/mol. The molecule has 6 heteroatoms. The second-order valence-electron chi connectivity index (χ2n) is 6.23. The van der Waals surface area contributed by atoms with Gasteiger partial charge in [0.1, 0.15) is 11.5 Å². The lowest BCUT2D eigenvalue weighted by atomic mass is 9.97. The Morgan fingerprint density at radius 2 is 1.77 bits per heavy atom. The average molecular weight is 355 g/mol. The summed E-state index contributed by atoms with van der Waals surface area (Å²) in [6.45, 7) is 2.70. The molecule has 6 nitrogen and oxygen atoms in total. The van der Waals surface area contributed by atoms with Crippen molar-refractivity contribution in [3.05, 3.63) is 59.2 Å². The summed E-state index contributed by atoms with van der Waals surface area (Å²) in [6.07, 6.45) is 0.0727. The molecule has 1 heterocycles. The first kappa shape index (κ1) is 17.8. The molecule has 3 rings (SSSR count). The first-order chi connectivity index (χ1) is 12.5. The molecule has 0 saturated heterocycles. The summed E-state index contributed by atoms with van der Waals surface area (Å²) in [5.41, 5.74) is 2.20. The van der Waals surface area contributed by atoms with E-state index in [9.17, 15) is 9.59 Å². The molecule has 136 valence electrons. The molecule has 0 saturated carbocycles. The molecule has 2 aromatic rings. The predicted octanol–water partition coefficient (Wildman–Crippen LogP) is 2.75. The number of methoxy groups -OCH3 is 1. The van der Waals surface area contributed by atoms with E-state index in [-0.39, 0.29) is 11.5 Å². The molecular formula is C20H21NO5. The number of fused-ring (bicyclic) bond motifs is 1. The lowest BCUT2D eigenvalue weighted by Crippen LogP contribution is -2.43. The predicted molar refractivity (Wildman–Crippen MR) is 95.6 cm³/mol. The van der Waals surface area contributed by atoms with Gasteiger partial charge in [0.2, 0.25) is 0 Å². The van der Waals surface area contributed by atoms with Crippen molar-refractivity contribution in [1.29, 1.82) is 0 Å². The summed E-state index contributed by atoms with van der Waals surface area (Å²) in [4.78, 5) is 25.6. The van der Waals surface area contributed by atoms with Crippen molar-refractivity contribution in [2.75, 3.05) is 13.7 Å². The number of carboxylic acids is 1. The molecule has 1 atom stereocenters. The summed E-state index contributed by atoms with van der Waals surface area (Å²) < 4.78 is 10.8. The molecule has 1 N–H and O–H groups in total. The molecule has 0 aromatic heterocycles. The van der Waals surface area contributed by atoms with Gasteiger partial charge in [0, 0.05) is 13.1 Å². The highest BCUT2D eigenvalue weighted by molar-refractivity contribution is 5.88. The maximum absolute atomic E-state index is 12.7.